The molecule has 0 bridgehead atoms. The van der Waals surface area contributed by atoms with E-state index in [4.69, 9.17) is 0 Å². The molecule has 14 heavy (non-hydrogen) atoms. The van der Waals surface area contributed by atoms with Gasteiger partial charge in [0, 0.05) is 6.07 Å². The average molecular weight is 207 g/mol. The van der Waals surface area contributed by atoms with E-state index in [9.17, 15) is 28.4 Å². The molecule has 0 unspecified atom stereocenters. The van der Waals surface area contributed by atoms with Crippen LogP contribution in [-0.4, -0.2) is 9.91 Å². The molecule has 0 aliphatic carbocycles. The van der Waals surface area contributed by atoms with Gasteiger partial charge in [-0.05, 0) is 11.9 Å². The maximum Gasteiger partial charge on any atom is 0.440 e. The molecule has 5 nitrogen and oxygen atoms in total. The largest absolute Gasteiger partial charge is 0.859 e. The zero-order valence-electron chi connectivity index (χ0n) is 6.41. The van der Waals surface area contributed by atoms with Gasteiger partial charge in [0.05, 0.1) is 4.92 Å². The van der Waals surface area contributed by atoms with Crippen molar-refractivity contribution in [2.75, 3.05) is 0 Å². The van der Waals surface area contributed by atoms with Crippen LogP contribution in [0.1, 0.15) is 5.69 Å². The average Bonchev–Trinajstić information content (AvgIpc) is 2.01. The molecular weight excluding hydrogens is 205 g/mol. The molecule has 0 N–H and O–H groups in total. The number of hydrogen-bond donors (Lipinski definition) is 0. The Morgan fingerprint density at radius 3 is 2.36 bits per heavy atom. The Hall–Kier alpha value is -1.86. The van der Waals surface area contributed by atoms with Crippen molar-refractivity contribution in [3.63, 3.8) is 0 Å². The zero-order chi connectivity index (χ0) is 10.9. The standard InChI is InChI=1S/C6H3F3N2O3/c7-6(8,9)5-3(11(13)14)1-2-4(12)10-5/h1-2H,(H,10,12)/p-1. The van der Waals surface area contributed by atoms with Crippen LogP contribution in [-0.2, 0) is 6.18 Å². The molecule has 0 atom stereocenters. The third kappa shape index (κ3) is 1.90. The van der Waals surface area contributed by atoms with Crippen molar-refractivity contribution in [2.24, 2.45) is 0 Å². The number of aromatic nitrogens is 1. The Bertz CT molecular complexity index is 377. The fourth-order valence-electron chi connectivity index (χ4n) is 0.790. The third-order valence-electron chi connectivity index (χ3n) is 1.31. The van der Waals surface area contributed by atoms with Gasteiger partial charge < -0.3 is 5.11 Å². The smallest absolute Gasteiger partial charge is 0.440 e. The lowest BCUT2D eigenvalue weighted by molar-refractivity contribution is -0.389. The van der Waals surface area contributed by atoms with Crippen molar-refractivity contribution in [1.29, 1.82) is 0 Å². The zero-order valence-corrected chi connectivity index (χ0v) is 6.41. The highest BCUT2D eigenvalue weighted by Gasteiger charge is 2.39. The maximum atomic E-state index is 12.1. The molecule has 1 heterocycles. The molecule has 76 valence electrons. The van der Waals surface area contributed by atoms with E-state index in [1.54, 1.807) is 0 Å². The van der Waals surface area contributed by atoms with Crippen LogP contribution in [0.15, 0.2) is 12.1 Å². The summed E-state index contributed by atoms with van der Waals surface area (Å²) in [4.78, 5) is 11.4. The molecule has 0 fully saturated rings. The van der Waals surface area contributed by atoms with Gasteiger partial charge in [0.2, 0.25) is 5.69 Å². The predicted octanol–water partition coefficient (Wildman–Crippen LogP) is 1.08. The van der Waals surface area contributed by atoms with Gasteiger partial charge in [-0.1, -0.05) is 0 Å². The summed E-state index contributed by atoms with van der Waals surface area (Å²) in [5.41, 5.74) is -2.99. The normalized spacial score (nSPS) is 11.4. The second-order valence-corrected chi connectivity index (χ2v) is 2.27. The fraction of sp³-hybridized carbons (Fsp3) is 0.167. The molecule has 1 aromatic rings. The van der Waals surface area contributed by atoms with E-state index in [-0.39, 0.29) is 0 Å². The number of hydrogen-bond acceptors (Lipinski definition) is 4. The van der Waals surface area contributed by atoms with Crippen molar-refractivity contribution in [1.82, 2.24) is 4.98 Å². The van der Waals surface area contributed by atoms with Crippen LogP contribution in [0.3, 0.4) is 0 Å². The maximum absolute atomic E-state index is 12.1. The SMILES string of the molecule is O=[N+]([O-])c1ccc([O-])nc1C(F)(F)F. The number of halogens is 3. The molecule has 0 radical (unpaired) electrons. The van der Waals surface area contributed by atoms with Crippen LogP contribution in [0, 0.1) is 10.1 Å². The van der Waals surface area contributed by atoms with Gasteiger partial charge in [0.25, 0.3) is 5.69 Å². The monoisotopic (exact) mass is 207 g/mol. The summed E-state index contributed by atoms with van der Waals surface area (Å²) < 4.78 is 36.2. The first kappa shape index (κ1) is 10.2. The van der Waals surface area contributed by atoms with Crippen LogP contribution in [0.5, 0.6) is 5.88 Å². The van der Waals surface area contributed by atoms with Crippen molar-refractivity contribution >= 4 is 5.69 Å². The second kappa shape index (κ2) is 3.13. The quantitative estimate of drug-likeness (QED) is 0.509. The number of nitro groups is 1. The van der Waals surface area contributed by atoms with E-state index in [1.165, 1.54) is 0 Å². The second-order valence-electron chi connectivity index (χ2n) is 2.27. The molecule has 0 amide bonds. The lowest BCUT2D eigenvalue weighted by Gasteiger charge is -2.09. The Morgan fingerprint density at radius 2 is 1.93 bits per heavy atom. The van der Waals surface area contributed by atoms with Gasteiger partial charge in [0.1, 0.15) is 0 Å². The number of rotatable bonds is 1. The van der Waals surface area contributed by atoms with E-state index in [1.807, 2.05) is 0 Å². The lowest BCUT2D eigenvalue weighted by Crippen LogP contribution is -2.13. The molecule has 0 spiro atoms. The minimum absolute atomic E-state index is 0.484. The van der Waals surface area contributed by atoms with Gasteiger partial charge in [-0.15, -0.1) is 0 Å². The molecular formula is C6H2F3N2O3-. The highest BCUT2D eigenvalue weighted by atomic mass is 19.4. The van der Waals surface area contributed by atoms with Crippen LogP contribution in [0.2, 0.25) is 0 Å². The van der Waals surface area contributed by atoms with Crippen LogP contribution < -0.4 is 5.11 Å². The summed E-state index contributed by atoms with van der Waals surface area (Å²) in [7, 11) is 0. The summed E-state index contributed by atoms with van der Waals surface area (Å²) in [6, 6.07) is 1.09. The van der Waals surface area contributed by atoms with Gasteiger partial charge in [-0.2, -0.15) is 13.2 Å². The summed E-state index contributed by atoms with van der Waals surface area (Å²) in [5.74, 6) is -1.16. The van der Waals surface area contributed by atoms with Gasteiger partial charge in [-0.25, -0.2) is 0 Å². The Labute approximate surface area is 75.0 Å². The minimum Gasteiger partial charge on any atom is -0.859 e. The van der Waals surface area contributed by atoms with Gasteiger partial charge >= 0.3 is 6.18 Å². The highest BCUT2D eigenvalue weighted by Crippen LogP contribution is 2.34. The summed E-state index contributed by atoms with van der Waals surface area (Å²) in [5, 5.41) is 20.6. The van der Waals surface area contributed by atoms with Crippen LogP contribution >= 0.6 is 0 Å². The third-order valence-corrected chi connectivity index (χ3v) is 1.31. The van der Waals surface area contributed by atoms with E-state index in [0.29, 0.717) is 12.1 Å². The molecule has 8 heteroatoms. The first-order valence-corrected chi connectivity index (χ1v) is 3.22. The topological polar surface area (TPSA) is 79.1 Å². The Balaban J connectivity index is 3.38. The molecule has 0 aliphatic heterocycles. The molecule has 0 saturated carbocycles. The number of alkyl halides is 3. The van der Waals surface area contributed by atoms with Crippen molar-refractivity contribution < 1.29 is 23.2 Å². The summed E-state index contributed by atoms with van der Waals surface area (Å²) in [6.45, 7) is 0. The lowest BCUT2D eigenvalue weighted by atomic mass is 10.3. The van der Waals surface area contributed by atoms with Crippen molar-refractivity contribution in [3.8, 4) is 5.88 Å². The van der Waals surface area contributed by atoms with E-state index in [0.717, 1.165) is 0 Å². The first-order valence-electron chi connectivity index (χ1n) is 3.22. The predicted molar refractivity (Wildman–Crippen MR) is 35.3 cm³/mol. The molecule has 0 aromatic carbocycles. The van der Waals surface area contributed by atoms with Crippen LogP contribution in [0.4, 0.5) is 18.9 Å². The minimum atomic E-state index is -5.00. The Kier molecular flexibility index (Phi) is 2.28. The molecule has 1 rings (SSSR count). The van der Waals surface area contributed by atoms with Crippen LogP contribution in [0.25, 0.3) is 0 Å². The number of nitrogens with zero attached hydrogens (tertiary/aromatic N) is 2. The summed E-state index contributed by atoms with van der Waals surface area (Å²) >= 11 is 0. The Morgan fingerprint density at radius 1 is 1.36 bits per heavy atom. The van der Waals surface area contributed by atoms with Crippen molar-refractivity contribution in [2.45, 2.75) is 6.18 Å². The van der Waals surface area contributed by atoms with Crippen molar-refractivity contribution in [3.05, 3.63) is 27.9 Å². The molecule has 1 aromatic heterocycles. The number of pyridine rings is 1. The van der Waals surface area contributed by atoms with E-state index < -0.39 is 28.4 Å². The first-order chi connectivity index (χ1) is 6.32. The van der Waals surface area contributed by atoms with E-state index in [2.05, 4.69) is 4.98 Å². The van der Waals surface area contributed by atoms with Gasteiger partial charge in [0.15, 0.2) is 0 Å². The molecule has 0 aliphatic rings. The van der Waals surface area contributed by atoms with E-state index >= 15 is 0 Å². The fourth-order valence-corrected chi connectivity index (χ4v) is 0.790. The molecule has 0 saturated heterocycles. The highest BCUT2D eigenvalue weighted by molar-refractivity contribution is 5.38. The summed E-state index contributed by atoms with van der Waals surface area (Å²) in [6.07, 6.45) is -5.00. The van der Waals surface area contributed by atoms with Gasteiger partial charge in [-0.3, -0.25) is 15.1 Å².